The number of nitrogens with one attached hydrogen (secondary N) is 2. The Morgan fingerprint density at radius 3 is 3.04 bits per heavy atom. The number of aromatic nitrogens is 7. The largest absolute Gasteiger partial charge is 0.411 e. The summed E-state index contributed by atoms with van der Waals surface area (Å²) in [5.74, 6) is 1.26. The molecule has 26 heavy (non-hydrogen) atoms. The number of pyridine rings is 1. The van der Waals surface area contributed by atoms with Gasteiger partial charge in [0, 0.05) is 23.4 Å². The number of anilines is 2. The fourth-order valence-corrected chi connectivity index (χ4v) is 2.82. The first-order valence-corrected chi connectivity index (χ1v) is 7.91. The van der Waals surface area contributed by atoms with Gasteiger partial charge in [0.05, 0.1) is 23.4 Å². The summed E-state index contributed by atoms with van der Waals surface area (Å²) in [5.41, 5.74) is 2.82. The molecule has 0 radical (unpaired) electrons. The quantitative estimate of drug-likeness (QED) is 0.511. The van der Waals surface area contributed by atoms with Crippen LogP contribution in [0.4, 0.5) is 11.8 Å². The second-order valence-electron chi connectivity index (χ2n) is 5.72. The molecule has 0 aliphatic rings. The van der Waals surface area contributed by atoms with E-state index in [0.717, 1.165) is 27.4 Å². The molecule has 0 bridgehead atoms. The molecule has 0 aliphatic carbocycles. The van der Waals surface area contributed by atoms with Crippen LogP contribution in [0.1, 0.15) is 11.4 Å². The Morgan fingerprint density at radius 1 is 1.12 bits per heavy atom. The Bertz CT molecular complexity index is 1200. The molecule has 9 heteroatoms. The van der Waals surface area contributed by atoms with Crippen molar-refractivity contribution in [2.75, 3.05) is 5.32 Å². The van der Waals surface area contributed by atoms with E-state index < -0.39 is 0 Å². The van der Waals surface area contributed by atoms with E-state index in [1.54, 1.807) is 18.6 Å². The van der Waals surface area contributed by atoms with Crippen LogP contribution in [0, 0.1) is 0 Å². The van der Waals surface area contributed by atoms with Crippen LogP contribution in [-0.4, -0.2) is 35.3 Å². The number of benzene rings is 1. The van der Waals surface area contributed by atoms with Crippen LogP contribution >= 0.6 is 0 Å². The Balaban J connectivity index is 1.56. The summed E-state index contributed by atoms with van der Waals surface area (Å²) >= 11 is 0. The third kappa shape index (κ3) is 2.61. The van der Waals surface area contributed by atoms with E-state index in [9.17, 15) is 0 Å². The van der Waals surface area contributed by atoms with Crippen molar-refractivity contribution in [1.82, 2.24) is 35.3 Å². The van der Waals surface area contributed by atoms with Crippen molar-refractivity contribution in [3.8, 4) is 0 Å². The van der Waals surface area contributed by atoms with Gasteiger partial charge in [-0.15, -0.1) is 5.10 Å². The average Bonchev–Trinajstić information content (AvgIpc) is 3.33. The van der Waals surface area contributed by atoms with Crippen LogP contribution in [-0.2, 0) is 6.42 Å². The summed E-state index contributed by atoms with van der Waals surface area (Å²) in [7, 11) is 0. The van der Waals surface area contributed by atoms with Gasteiger partial charge >= 0.3 is 6.01 Å². The third-order valence-corrected chi connectivity index (χ3v) is 4.00. The molecule has 4 aromatic heterocycles. The predicted molar refractivity (Wildman–Crippen MR) is 93.8 cm³/mol. The van der Waals surface area contributed by atoms with E-state index in [1.165, 1.54) is 6.39 Å². The van der Waals surface area contributed by atoms with Gasteiger partial charge in [-0.2, -0.15) is 5.10 Å². The summed E-state index contributed by atoms with van der Waals surface area (Å²) in [6.07, 6.45) is 7.03. The number of nitrogens with zero attached hydrogens (tertiary/aromatic N) is 6. The molecule has 0 amide bonds. The maximum Gasteiger partial charge on any atom is 0.321 e. The van der Waals surface area contributed by atoms with E-state index in [4.69, 9.17) is 4.42 Å². The van der Waals surface area contributed by atoms with Crippen LogP contribution in [0.15, 0.2) is 53.7 Å². The van der Waals surface area contributed by atoms with Gasteiger partial charge in [0.15, 0.2) is 0 Å². The molecule has 5 aromatic rings. The van der Waals surface area contributed by atoms with Crippen LogP contribution in [0.2, 0.25) is 0 Å². The minimum absolute atomic E-state index is 0.271. The zero-order chi connectivity index (χ0) is 17.3. The first kappa shape index (κ1) is 14.5. The molecule has 0 saturated carbocycles. The maximum atomic E-state index is 5.16. The van der Waals surface area contributed by atoms with E-state index in [1.807, 2.05) is 18.2 Å². The van der Waals surface area contributed by atoms with Crippen molar-refractivity contribution in [3.05, 3.63) is 60.6 Å². The number of aromatic amines is 1. The molecule has 0 fully saturated rings. The molecular weight excluding hydrogens is 332 g/mol. The van der Waals surface area contributed by atoms with Crippen LogP contribution < -0.4 is 5.32 Å². The second-order valence-corrected chi connectivity index (χ2v) is 5.72. The highest BCUT2D eigenvalue weighted by Gasteiger charge is 2.11. The third-order valence-electron chi connectivity index (χ3n) is 4.00. The van der Waals surface area contributed by atoms with Crippen molar-refractivity contribution in [2.45, 2.75) is 6.42 Å². The Morgan fingerprint density at radius 2 is 2.12 bits per heavy atom. The lowest BCUT2D eigenvalue weighted by Crippen LogP contribution is -2.03. The lowest BCUT2D eigenvalue weighted by Gasteiger charge is -2.08. The van der Waals surface area contributed by atoms with Gasteiger partial charge in [-0.1, -0.05) is 11.2 Å². The highest BCUT2D eigenvalue weighted by molar-refractivity contribution is 5.89. The zero-order valence-corrected chi connectivity index (χ0v) is 13.4. The van der Waals surface area contributed by atoms with Crippen LogP contribution in [0.25, 0.3) is 21.8 Å². The second kappa shape index (κ2) is 5.88. The highest BCUT2D eigenvalue weighted by Crippen LogP contribution is 2.23. The first-order chi connectivity index (χ1) is 12.8. The van der Waals surface area contributed by atoms with E-state index in [-0.39, 0.29) is 6.01 Å². The number of fused-ring (bicyclic) bond motifs is 2. The van der Waals surface area contributed by atoms with Crippen molar-refractivity contribution >= 4 is 33.6 Å². The minimum atomic E-state index is 0.271. The molecule has 0 atom stereocenters. The zero-order valence-electron chi connectivity index (χ0n) is 13.4. The molecule has 0 spiro atoms. The van der Waals surface area contributed by atoms with Gasteiger partial charge in [-0.25, -0.2) is 9.97 Å². The molecule has 9 nitrogen and oxygen atoms in total. The molecule has 0 aliphatic heterocycles. The van der Waals surface area contributed by atoms with Gasteiger partial charge in [-0.05, 0) is 23.8 Å². The van der Waals surface area contributed by atoms with Crippen molar-refractivity contribution < 1.29 is 4.42 Å². The summed E-state index contributed by atoms with van der Waals surface area (Å²) in [6, 6.07) is 8.21. The fourth-order valence-electron chi connectivity index (χ4n) is 2.82. The van der Waals surface area contributed by atoms with Gasteiger partial charge in [0.2, 0.25) is 6.39 Å². The topological polar surface area (TPSA) is 118 Å². The number of H-pyrrole nitrogens is 1. The van der Waals surface area contributed by atoms with Gasteiger partial charge < -0.3 is 4.42 Å². The molecular formula is C17H12N8O. The van der Waals surface area contributed by atoms with Crippen molar-refractivity contribution in [2.24, 2.45) is 0 Å². The smallest absolute Gasteiger partial charge is 0.321 e. The average molecular weight is 344 g/mol. The van der Waals surface area contributed by atoms with Gasteiger partial charge in [0.1, 0.15) is 11.6 Å². The maximum absolute atomic E-state index is 5.16. The molecule has 126 valence electrons. The summed E-state index contributed by atoms with van der Waals surface area (Å²) in [6.45, 7) is 0. The molecule has 5 rings (SSSR count). The Labute approximate surface area is 146 Å². The van der Waals surface area contributed by atoms with Crippen LogP contribution in [0.3, 0.4) is 0 Å². The monoisotopic (exact) mass is 344 g/mol. The van der Waals surface area contributed by atoms with Gasteiger partial charge in [0.25, 0.3) is 0 Å². The highest BCUT2D eigenvalue weighted by atomic mass is 16.4. The summed E-state index contributed by atoms with van der Waals surface area (Å²) < 4.78 is 5.16. The number of rotatable bonds is 4. The molecule has 1 aromatic carbocycles. The Hall–Kier alpha value is -3.88. The predicted octanol–water partition coefficient (Wildman–Crippen LogP) is 2.62. The molecule has 4 heterocycles. The molecule has 0 saturated heterocycles. The van der Waals surface area contributed by atoms with E-state index >= 15 is 0 Å². The summed E-state index contributed by atoms with van der Waals surface area (Å²) in [5, 5.41) is 19.4. The lowest BCUT2D eigenvalue weighted by molar-refractivity contribution is 0.571. The van der Waals surface area contributed by atoms with Crippen LogP contribution in [0.5, 0.6) is 0 Å². The van der Waals surface area contributed by atoms with Crippen molar-refractivity contribution in [3.63, 3.8) is 0 Å². The van der Waals surface area contributed by atoms with Gasteiger partial charge in [-0.3, -0.25) is 15.4 Å². The lowest BCUT2D eigenvalue weighted by atomic mass is 10.1. The number of hydrogen-bond acceptors (Lipinski definition) is 8. The molecule has 0 unspecified atom stereocenters. The normalized spacial score (nSPS) is 11.2. The first-order valence-electron chi connectivity index (χ1n) is 7.91. The molecule has 2 N–H and O–H groups in total. The van der Waals surface area contributed by atoms with Crippen molar-refractivity contribution in [1.29, 1.82) is 0 Å². The van der Waals surface area contributed by atoms with E-state index in [0.29, 0.717) is 18.1 Å². The van der Waals surface area contributed by atoms with E-state index in [2.05, 4.69) is 46.7 Å². The minimum Gasteiger partial charge on any atom is -0.411 e. The Kier molecular flexibility index (Phi) is 3.27. The number of hydrogen-bond donors (Lipinski definition) is 2. The SMILES string of the molecule is c1cc2c(Nc3nnco3)nc(Cc3ccc4[nH]ncc4c3)nc2cn1. The standard InChI is InChI=1S/C17H12N8O/c1-2-13-11(7-19-24-13)5-10(1)6-15-21-14-8-18-4-3-12(14)16(22-15)23-17-25-20-9-26-17/h1-5,7-9H,6H2,(H,19,24)(H,21,22,23,25). The fraction of sp³-hybridized carbons (Fsp3) is 0.0588. The summed E-state index contributed by atoms with van der Waals surface area (Å²) in [4.78, 5) is 13.4.